The number of carbonyl (C=O) groups excluding carboxylic acids is 1. The van der Waals surface area contributed by atoms with Gasteiger partial charge in [-0.05, 0) is 12.0 Å². The minimum absolute atomic E-state index is 0.0895. The minimum atomic E-state index is -1.33. The van der Waals surface area contributed by atoms with E-state index >= 15 is 0 Å². The highest BCUT2D eigenvalue weighted by atomic mass is 16.5. The van der Waals surface area contributed by atoms with Crippen molar-refractivity contribution in [1.29, 1.82) is 5.26 Å². The molecule has 0 aromatic heterocycles. The quantitative estimate of drug-likeness (QED) is 0.568. The van der Waals surface area contributed by atoms with Crippen molar-refractivity contribution >= 4 is 5.97 Å². The maximum Gasteiger partial charge on any atom is 0.331 e. The maximum atomic E-state index is 12.1. The van der Waals surface area contributed by atoms with Crippen LogP contribution in [-0.2, 0) is 14.9 Å². The molecule has 0 radical (unpaired) electrons. The van der Waals surface area contributed by atoms with Crippen LogP contribution in [0.1, 0.15) is 12.0 Å². The summed E-state index contributed by atoms with van der Waals surface area (Å²) in [6.45, 7) is 7.17. The van der Waals surface area contributed by atoms with Gasteiger partial charge >= 0.3 is 5.97 Å². The summed E-state index contributed by atoms with van der Waals surface area (Å²) in [5, 5.41) is 9.41. The smallest absolute Gasteiger partial charge is 0.331 e. The molecule has 0 aliphatic heterocycles. The third kappa shape index (κ3) is 2.67. The van der Waals surface area contributed by atoms with Crippen molar-refractivity contribution in [2.75, 3.05) is 6.61 Å². The van der Waals surface area contributed by atoms with Gasteiger partial charge in [0.25, 0.3) is 0 Å². The highest BCUT2D eigenvalue weighted by Crippen LogP contribution is 2.29. The first-order chi connectivity index (χ1) is 8.71. The van der Waals surface area contributed by atoms with Gasteiger partial charge in [0, 0.05) is 0 Å². The Balaban J connectivity index is 3.18. The topological polar surface area (TPSA) is 50.1 Å². The third-order valence-electron chi connectivity index (χ3n) is 2.59. The Morgan fingerprint density at radius 3 is 2.50 bits per heavy atom. The van der Waals surface area contributed by atoms with Crippen molar-refractivity contribution in [2.24, 2.45) is 0 Å². The van der Waals surface area contributed by atoms with E-state index in [-0.39, 0.29) is 13.0 Å². The molecule has 92 valence electrons. The number of hydrogen-bond acceptors (Lipinski definition) is 3. The molecular weight excluding hydrogens is 226 g/mol. The predicted molar refractivity (Wildman–Crippen MR) is 69.7 cm³/mol. The van der Waals surface area contributed by atoms with E-state index in [0.29, 0.717) is 5.56 Å². The number of allylic oxidation sites excluding steroid dienone is 1. The number of rotatable bonds is 6. The fourth-order valence-corrected chi connectivity index (χ4v) is 1.67. The van der Waals surface area contributed by atoms with Crippen LogP contribution >= 0.6 is 0 Å². The van der Waals surface area contributed by atoms with Crippen molar-refractivity contribution in [2.45, 2.75) is 11.8 Å². The zero-order chi connectivity index (χ0) is 13.4. The molecule has 0 unspecified atom stereocenters. The highest BCUT2D eigenvalue weighted by Gasteiger charge is 2.41. The lowest BCUT2D eigenvalue weighted by Crippen LogP contribution is -2.35. The lowest BCUT2D eigenvalue weighted by molar-refractivity contribution is -0.147. The van der Waals surface area contributed by atoms with Gasteiger partial charge in [0.2, 0.25) is 0 Å². The van der Waals surface area contributed by atoms with Crippen LogP contribution in [-0.4, -0.2) is 12.6 Å². The fourth-order valence-electron chi connectivity index (χ4n) is 1.67. The SMILES string of the molecule is C=CCOC(=O)[C@@](C#N)(CC=C)c1ccccc1. The summed E-state index contributed by atoms with van der Waals surface area (Å²) in [7, 11) is 0. The molecule has 1 aromatic rings. The second kappa shape index (κ2) is 6.41. The van der Waals surface area contributed by atoms with Crippen LogP contribution < -0.4 is 0 Å². The summed E-state index contributed by atoms with van der Waals surface area (Å²) in [6.07, 6.45) is 3.23. The molecule has 0 aliphatic rings. The molecule has 3 nitrogen and oxygen atoms in total. The minimum Gasteiger partial charge on any atom is -0.460 e. The van der Waals surface area contributed by atoms with Gasteiger partial charge in [0.15, 0.2) is 5.41 Å². The zero-order valence-electron chi connectivity index (χ0n) is 10.1. The molecule has 18 heavy (non-hydrogen) atoms. The molecule has 0 N–H and O–H groups in total. The summed E-state index contributed by atoms with van der Waals surface area (Å²) in [5.74, 6) is -0.573. The Labute approximate surface area is 107 Å². The normalized spacial score (nSPS) is 12.8. The van der Waals surface area contributed by atoms with E-state index in [4.69, 9.17) is 4.74 Å². The van der Waals surface area contributed by atoms with Crippen LogP contribution in [0.15, 0.2) is 55.6 Å². The maximum absolute atomic E-state index is 12.1. The molecule has 0 heterocycles. The van der Waals surface area contributed by atoms with Crippen molar-refractivity contribution in [3.63, 3.8) is 0 Å². The van der Waals surface area contributed by atoms with Crippen LogP contribution in [0.4, 0.5) is 0 Å². The van der Waals surface area contributed by atoms with E-state index in [1.54, 1.807) is 30.3 Å². The van der Waals surface area contributed by atoms with Gasteiger partial charge in [-0.15, -0.1) is 6.58 Å². The Kier molecular flexibility index (Phi) is 4.89. The molecule has 0 amide bonds. The number of hydrogen-bond donors (Lipinski definition) is 0. The van der Waals surface area contributed by atoms with E-state index in [0.717, 1.165) is 0 Å². The Morgan fingerprint density at radius 2 is 2.00 bits per heavy atom. The molecule has 1 atom stereocenters. The molecule has 0 bridgehead atoms. The average Bonchev–Trinajstić information content (AvgIpc) is 2.43. The van der Waals surface area contributed by atoms with E-state index in [2.05, 4.69) is 19.2 Å². The van der Waals surface area contributed by atoms with Gasteiger partial charge in [0.1, 0.15) is 6.61 Å². The number of ether oxygens (including phenoxy) is 1. The predicted octanol–water partition coefficient (Wildman–Crippen LogP) is 2.75. The summed E-state index contributed by atoms with van der Waals surface area (Å²) in [4.78, 5) is 12.1. The molecular formula is C15H15NO2. The van der Waals surface area contributed by atoms with E-state index in [1.165, 1.54) is 6.08 Å². The van der Waals surface area contributed by atoms with Crippen molar-refractivity contribution in [3.05, 3.63) is 61.2 Å². The van der Waals surface area contributed by atoms with Crippen molar-refractivity contribution in [1.82, 2.24) is 0 Å². The van der Waals surface area contributed by atoms with Crippen molar-refractivity contribution in [3.8, 4) is 6.07 Å². The average molecular weight is 241 g/mol. The molecule has 1 aromatic carbocycles. The number of esters is 1. The molecule has 0 spiro atoms. The van der Waals surface area contributed by atoms with E-state index in [1.807, 2.05) is 6.07 Å². The van der Waals surface area contributed by atoms with E-state index < -0.39 is 11.4 Å². The standard InChI is InChI=1S/C15H15NO2/c1-3-10-15(12-16,14(17)18-11-4-2)13-8-6-5-7-9-13/h3-9H,1-2,10-11H2/t15-/m1/s1. The van der Waals surface area contributed by atoms with E-state index in [9.17, 15) is 10.1 Å². The first-order valence-electron chi connectivity index (χ1n) is 5.57. The van der Waals surface area contributed by atoms with Crippen LogP contribution in [0.5, 0.6) is 0 Å². The summed E-state index contributed by atoms with van der Waals surface area (Å²) in [5.41, 5.74) is -0.715. The molecule has 0 fully saturated rings. The van der Waals surface area contributed by atoms with Crippen LogP contribution in [0.25, 0.3) is 0 Å². The molecule has 0 saturated carbocycles. The first-order valence-corrected chi connectivity index (χ1v) is 5.57. The van der Waals surface area contributed by atoms with Gasteiger partial charge in [-0.25, -0.2) is 4.79 Å². The van der Waals surface area contributed by atoms with Gasteiger partial charge in [-0.3, -0.25) is 0 Å². The molecule has 0 aliphatic carbocycles. The van der Waals surface area contributed by atoms with Crippen LogP contribution in [0, 0.1) is 11.3 Å². The molecule has 1 rings (SSSR count). The largest absolute Gasteiger partial charge is 0.460 e. The number of nitriles is 1. The zero-order valence-corrected chi connectivity index (χ0v) is 10.1. The number of nitrogens with zero attached hydrogens (tertiary/aromatic N) is 1. The number of carbonyl (C=O) groups is 1. The van der Waals surface area contributed by atoms with Crippen LogP contribution in [0.3, 0.4) is 0 Å². The molecule has 3 heteroatoms. The van der Waals surface area contributed by atoms with Crippen LogP contribution in [0.2, 0.25) is 0 Å². The second-order valence-corrected chi connectivity index (χ2v) is 3.76. The summed E-state index contributed by atoms with van der Waals surface area (Å²) < 4.78 is 5.03. The fraction of sp³-hybridized carbons (Fsp3) is 0.200. The molecule has 0 saturated heterocycles. The third-order valence-corrected chi connectivity index (χ3v) is 2.59. The lowest BCUT2D eigenvalue weighted by Gasteiger charge is -2.23. The van der Waals surface area contributed by atoms with Gasteiger partial charge in [-0.1, -0.05) is 49.1 Å². The highest BCUT2D eigenvalue weighted by molar-refractivity contribution is 5.87. The summed E-state index contributed by atoms with van der Waals surface area (Å²) >= 11 is 0. The van der Waals surface area contributed by atoms with Crippen molar-refractivity contribution < 1.29 is 9.53 Å². The Morgan fingerprint density at radius 1 is 1.33 bits per heavy atom. The Hall–Kier alpha value is -2.34. The Bertz CT molecular complexity index is 473. The second-order valence-electron chi connectivity index (χ2n) is 3.76. The first kappa shape index (κ1) is 13.7. The number of benzene rings is 1. The summed E-state index contributed by atoms with van der Waals surface area (Å²) in [6, 6.07) is 10.9. The van der Waals surface area contributed by atoms with Gasteiger partial charge in [-0.2, -0.15) is 5.26 Å². The monoisotopic (exact) mass is 241 g/mol. The van der Waals surface area contributed by atoms with Gasteiger partial charge in [0.05, 0.1) is 6.07 Å². The lowest BCUT2D eigenvalue weighted by atomic mass is 9.79. The van der Waals surface area contributed by atoms with Gasteiger partial charge < -0.3 is 4.74 Å².